The van der Waals surface area contributed by atoms with Crippen molar-refractivity contribution in [2.24, 2.45) is 11.7 Å². The van der Waals surface area contributed by atoms with Crippen LogP contribution in [0.3, 0.4) is 0 Å². The normalized spacial score (nSPS) is 15.8. The fraction of sp³-hybridized carbons (Fsp3) is 0.722. The highest BCUT2D eigenvalue weighted by Crippen LogP contribution is 2.10. The molecule has 3 amide bonds. The molecule has 0 aromatic heterocycles. The van der Waals surface area contributed by atoms with E-state index in [1.165, 1.54) is 18.7 Å². The smallest absolute Gasteiger partial charge is 0.325 e. The summed E-state index contributed by atoms with van der Waals surface area (Å²) in [5.74, 6) is -4.56. The Morgan fingerprint density at radius 1 is 0.967 bits per heavy atom. The van der Waals surface area contributed by atoms with Crippen molar-refractivity contribution in [3.8, 4) is 0 Å². The number of hydrogen-bond donors (Lipinski definition) is 6. The number of carbonyl (C=O) groups excluding carboxylic acids is 3. The monoisotopic (exact) mass is 448 g/mol. The van der Waals surface area contributed by atoms with Gasteiger partial charge in [-0.25, -0.2) is 0 Å². The van der Waals surface area contributed by atoms with Crippen molar-refractivity contribution in [3.05, 3.63) is 0 Å². The number of carboxylic acids is 2. The summed E-state index contributed by atoms with van der Waals surface area (Å²) in [7, 11) is 0. The molecule has 5 unspecified atom stereocenters. The van der Waals surface area contributed by atoms with Gasteiger partial charge in [-0.3, -0.25) is 24.0 Å². The molecule has 11 nitrogen and oxygen atoms in total. The molecule has 0 aliphatic carbocycles. The quantitative estimate of drug-likeness (QED) is 0.197. The molecule has 30 heavy (non-hydrogen) atoms. The first kappa shape index (κ1) is 27.7. The van der Waals surface area contributed by atoms with Crippen molar-refractivity contribution in [1.29, 1.82) is 0 Å². The van der Waals surface area contributed by atoms with E-state index in [1.54, 1.807) is 13.8 Å². The van der Waals surface area contributed by atoms with Gasteiger partial charge in [0.15, 0.2) is 0 Å². The SMILES string of the molecule is CCC(C)C(NC(=O)C(N)CCSC)C(=O)NC(CC(=O)O)C(=O)NC(C)C(=O)O. The minimum Gasteiger partial charge on any atom is -0.481 e. The summed E-state index contributed by atoms with van der Waals surface area (Å²) in [5, 5.41) is 25.0. The Bertz CT molecular complexity index is 632. The fourth-order valence-electron chi connectivity index (χ4n) is 2.36. The maximum absolute atomic E-state index is 12.8. The highest BCUT2D eigenvalue weighted by atomic mass is 32.2. The Kier molecular flexibility index (Phi) is 12.7. The zero-order valence-electron chi connectivity index (χ0n) is 17.6. The predicted octanol–water partition coefficient (Wildman–Crippen LogP) is -0.853. The summed E-state index contributed by atoms with van der Waals surface area (Å²) >= 11 is 1.53. The Hall–Kier alpha value is -2.34. The van der Waals surface area contributed by atoms with Gasteiger partial charge in [0.2, 0.25) is 17.7 Å². The second-order valence-electron chi connectivity index (χ2n) is 6.99. The molecule has 0 spiro atoms. The average Bonchev–Trinajstić information content (AvgIpc) is 2.67. The number of amides is 3. The van der Waals surface area contributed by atoms with Gasteiger partial charge in [0.25, 0.3) is 0 Å². The van der Waals surface area contributed by atoms with E-state index < -0.39 is 60.2 Å². The van der Waals surface area contributed by atoms with E-state index in [1.807, 2.05) is 6.26 Å². The largest absolute Gasteiger partial charge is 0.481 e. The number of rotatable bonds is 14. The third kappa shape index (κ3) is 9.92. The van der Waals surface area contributed by atoms with Crippen molar-refractivity contribution < 1.29 is 34.2 Å². The molecular formula is C18H32N4O7S. The van der Waals surface area contributed by atoms with Gasteiger partial charge in [0, 0.05) is 0 Å². The summed E-state index contributed by atoms with van der Waals surface area (Å²) in [6.45, 7) is 4.73. The van der Waals surface area contributed by atoms with Gasteiger partial charge in [0.05, 0.1) is 12.5 Å². The van der Waals surface area contributed by atoms with Gasteiger partial charge in [0.1, 0.15) is 18.1 Å². The molecule has 0 radical (unpaired) electrons. The number of carboxylic acid groups (broad SMARTS) is 2. The minimum absolute atomic E-state index is 0.326. The van der Waals surface area contributed by atoms with Crippen molar-refractivity contribution in [2.75, 3.05) is 12.0 Å². The lowest BCUT2D eigenvalue weighted by Crippen LogP contribution is -2.58. The van der Waals surface area contributed by atoms with E-state index >= 15 is 0 Å². The molecule has 7 N–H and O–H groups in total. The topological polar surface area (TPSA) is 188 Å². The zero-order valence-corrected chi connectivity index (χ0v) is 18.5. The van der Waals surface area contributed by atoms with Crippen LogP contribution in [-0.2, 0) is 24.0 Å². The number of nitrogens with one attached hydrogen (secondary N) is 3. The van der Waals surface area contributed by atoms with E-state index in [9.17, 15) is 24.0 Å². The maximum atomic E-state index is 12.8. The summed E-state index contributed by atoms with van der Waals surface area (Å²) < 4.78 is 0. The zero-order chi connectivity index (χ0) is 23.4. The molecule has 0 saturated carbocycles. The van der Waals surface area contributed by atoms with Crippen molar-refractivity contribution in [2.45, 2.75) is 64.2 Å². The molecular weight excluding hydrogens is 416 g/mol. The van der Waals surface area contributed by atoms with Crippen LogP contribution in [0.25, 0.3) is 0 Å². The number of nitrogens with two attached hydrogens (primary N) is 1. The Balaban J connectivity index is 5.37. The molecule has 172 valence electrons. The van der Waals surface area contributed by atoms with Gasteiger partial charge in [-0.1, -0.05) is 20.3 Å². The first-order chi connectivity index (χ1) is 13.9. The average molecular weight is 449 g/mol. The van der Waals surface area contributed by atoms with E-state index in [-0.39, 0.29) is 5.92 Å². The number of carbonyl (C=O) groups is 5. The van der Waals surface area contributed by atoms with Crippen LogP contribution in [0.5, 0.6) is 0 Å². The number of thioether (sulfide) groups is 1. The highest BCUT2D eigenvalue weighted by molar-refractivity contribution is 7.98. The third-order valence-corrected chi connectivity index (χ3v) is 5.15. The second-order valence-corrected chi connectivity index (χ2v) is 7.97. The summed E-state index contributed by atoms with van der Waals surface area (Å²) in [4.78, 5) is 59.4. The molecule has 0 rings (SSSR count). The van der Waals surface area contributed by atoms with Gasteiger partial charge in [-0.05, 0) is 31.3 Å². The van der Waals surface area contributed by atoms with Crippen LogP contribution in [0.1, 0.15) is 40.0 Å². The summed E-state index contributed by atoms with van der Waals surface area (Å²) in [6, 6.07) is -4.63. The molecule has 0 bridgehead atoms. The van der Waals surface area contributed by atoms with Crippen LogP contribution in [-0.4, -0.2) is 76.0 Å². The van der Waals surface area contributed by atoms with Crippen LogP contribution >= 0.6 is 11.8 Å². The first-order valence-corrected chi connectivity index (χ1v) is 10.9. The molecule has 0 aromatic carbocycles. The molecule has 0 aliphatic rings. The lowest BCUT2D eigenvalue weighted by Gasteiger charge is -2.27. The lowest BCUT2D eigenvalue weighted by molar-refractivity contribution is -0.143. The molecule has 0 fully saturated rings. The van der Waals surface area contributed by atoms with E-state index in [4.69, 9.17) is 15.9 Å². The van der Waals surface area contributed by atoms with Gasteiger partial charge in [-0.2, -0.15) is 11.8 Å². The fourth-order valence-corrected chi connectivity index (χ4v) is 2.85. The second kappa shape index (κ2) is 13.8. The molecule has 0 saturated heterocycles. The van der Waals surface area contributed by atoms with E-state index in [0.29, 0.717) is 18.6 Å². The van der Waals surface area contributed by atoms with Gasteiger partial charge < -0.3 is 31.9 Å². The maximum Gasteiger partial charge on any atom is 0.325 e. The standard InChI is InChI=1S/C18H32N4O7S/c1-5-9(2)14(22-15(25)11(19)6-7-30-4)17(27)21-12(8-13(23)24)16(26)20-10(3)18(28)29/h9-12,14H,5-8,19H2,1-4H3,(H,20,26)(H,21,27)(H,22,25)(H,23,24)(H,28,29). The third-order valence-electron chi connectivity index (χ3n) is 4.50. The van der Waals surface area contributed by atoms with Crippen LogP contribution in [0.2, 0.25) is 0 Å². The van der Waals surface area contributed by atoms with Crippen molar-refractivity contribution in [1.82, 2.24) is 16.0 Å². The van der Waals surface area contributed by atoms with Crippen molar-refractivity contribution in [3.63, 3.8) is 0 Å². The molecule has 0 heterocycles. The van der Waals surface area contributed by atoms with Crippen LogP contribution in [0.4, 0.5) is 0 Å². The highest BCUT2D eigenvalue weighted by Gasteiger charge is 2.32. The minimum atomic E-state index is -1.51. The van der Waals surface area contributed by atoms with E-state index in [0.717, 1.165) is 0 Å². The van der Waals surface area contributed by atoms with Gasteiger partial charge >= 0.3 is 11.9 Å². The predicted molar refractivity (Wildman–Crippen MR) is 112 cm³/mol. The summed E-state index contributed by atoms with van der Waals surface area (Å²) in [6.07, 6.45) is 2.06. The molecule has 0 aromatic rings. The number of aliphatic carboxylic acids is 2. The van der Waals surface area contributed by atoms with Gasteiger partial charge in [-0.15, -0.1) is 0 Å². The Labute approximate surface area is 179 Å². The Morgan fingerprint density at radius 3 is 2.03 bits per heavy atom. The van der Waals surface area contributed by atoms with Crippen LogP contribution in [0, 0.1) is 5.92 Å². The van der Waals surface area contributed by atoms with Crippen LogP contribution in [0.15, 0.2) is 0 Å². The summed E-state index contributed by atoms with van der Waals surface area (Å²) in [5.41, 5.74) is 5.84. The lowest BCUT2D eigenvalue weighted by atomic mass is 9.97. The first-order valence-electron chi connectivity index (χ1n) is 9.54. The van der Waals surface area contributed by atoms with Crippen molar-refractivity contribution >= 4 is 41.4 Å². The molecule has 0 aliphatic heterocycles. The van der Waals surface area contributed by atoms with Crippen LogP contribution < -0.4 is 21.7 Å². The Morgan fingerprint density at radius 2 is 1.57 bits per heavy atom. The molecule has 12 heteroatoms. The number of hydrogen-bond acceptors (Lipinski definition) is 7. The molecule has 5 atom stereocenters. The van der Waals surface area contributed by atoms with E-state index in [2.05, 4.69) is 16.0 Å².